The number of rotatable bonds is 5. The molecule has 0 N–H and O–H groups in total. The number of fused-ring (bicyclic) bond motifs is 1. The summed E-state index contributed by atoms with van der Waals surface area (Å²) in [7, 11) is -3.64. The van der Waals surface area contributed by atoms with E-state index < -0.39 is 10.0 Å². The molecule has 1 fully saturated rings. The van der Waals surface area contributed by atoms with Crippen LogP contribution in [0.5, 0.6) is 0 Å². The molecule has 2 aliphatic rings. The molecule has 3 heterocycles. The number of nitrogens with zero attached hydrogens (tertiary/aromatic N) is 3. The third kappa shape index (κ3) is 5.22. The van der Waals surface area contributed by atoms with Crippen molar-refractivity contribution in [3.8, 4) is 0 Å². The highest BCUT2D eigenvalue weighted by Crippen LogP contribution is 2.40. The molecule has 196 valence electrons. The first-order valence-corrected chi connectivity index (χ1v) is 15.4. The predicted molar refractivity (Wildman–Crippen MR) is 149 cm³/mol. The summed E-state index contributed by atoms with van der Waals surface area (Å²) in [5.41, 5.74) is 3.74. The monoisotopic (exact) mass is 557 g/mol. The fourth-order valence-corrected chi connectivity index (χ4v) is 8.01. The fraction of sp³-hybridized carbons (Fsp3) is 0.393. The number of carbonyl (C=O) groups is 1. The zero-order valence-corrected chi connectivity index (χ0v) is 23.5. The van der Waals surface area contributed by atoms with Crippen molar-refractivity contribution in [3.63, 3.8) is 0 Å². The molecule has 0 radical (unpaired) electrons. The minimum atomic E-state index is -3.64. The Bertz CT molecular complexity index is 1370. The number of halogens is 1. The number of sulfonamides is 1. The summed E-state index contributed by atoms with van der Waals surface area (Å²) in [5.74, 6) is 0.0583. The number of hydrogen-bond acceptors (Lipinski definition) is 5. The summed E-state index contributed by atoms with van der Waals surface area (Å²) in [6.07, 6.45) is 1.53. The maximum atomic E-state index is 13.8. The highest BCUT2D eigenvalue weighted by atomic mass is 35.5. The summed E-state index contributed by atoms with van der Waals surface area (Å²) in [6.45, 7) is 6.52. The summed E-state index contributed by atoms with van der Waals surface area (Å²) in [6, 6.07) is 16.6. The first-order valence-electron chi connectivity index (χ1n) is 12.7. The Balaban J connectivity index is 1.34. The molecule has 2 unspecified atom stereocenters. The average Bonchev–Trinajstić information content (AvgIpc) is 3.23. The van der Waals surface area contributed by atoms with Gasteiger partial charge in [0.05, 0.1) is 17.0 Å². The molecule has 2 aliphatic heterocycles. The topological polar surface area (TPSA) is 60.9 Å². The number of thiophene rings is 1. The molecular weight excluding hydrogens is 526 g/mol. The molecule has 9 heteroatoms. The maximum absolute atomic E-state index is 13.8. The Hall–Kier alpha value is -2.23. The van der Waals surface area contributed by atoms with E-state index in [4.69, 9.17) is 11.6 Å². The van der Waals surface area contributed by atoms with Crippen molar-refractivity contribution in [3.05, 3.63) is 86.6 Å². The lowest BCUT2D eigenvalue weighted by atomic mass is 9.89. The van der Waals surface area contributed by atoms with Crippen LogP contribution >= 0.6 is 22.9 Å². The average molecular weight is 558 g/mol. The molecule has 3 aromatic rings. The van der Waals surface area contributed by atoms with E-state index in [0.29, 0.717) is 31.1 Å². The zero-order chi connectivity index (χ0) is 26.2. The molecule has 0 spiro atoms. The number of aryl methyl sites for hydroxylation is 1. The van der Waals surface area contributed by atoms with Gasteiger partial charge < -0.3 is 4.90 Å². The van der Waals surface area contributed by atoms with E-state index in [1.165, 1.54) is 38.0 Å². The van der Waals surface area contributed by atoms with Gasteiger partial charge in [-0.1, -0.05) is 35.9 Å². The van der Waals surface area contributed by atoms with Gasteiger partial charge in [-0.25, -0.2) is 8.42 Å². The molecular formula is C28H32ClN3O3S2. The van der Waals surface area contributed by atoms with Crippen molar-refractivity contribution in [2.45, 2.75) is 43.7 Å². The van der Waals surface area contributed by atoms with Crippen LogP contribution in [0.4, 0.5) is 0 Å². The molecule has 1 aromatic heterocycles. The van der Waals surface area contributed by atoms with E-state index in [1.807, 2.05) is 11.8 Å². The lowest BCUT2D eigenvalue weighted by Gasteiger charge is -2.41. The van der Waals surface area contributed by atoms with Crippen LogP contribution in [-0.4, -0.2) is 67.2 Å². The van der Waals surface area contributed by atoms with Gasteiger partial charge >= 0.3 is 0 Å². The third-order valence-corrected chi connectivity index (χ3v) is 10.7. The summed E-state index contributed by atoms with van der Waals surface area (Å²) in [4.78, 5) is 19.6. The molecule has 1 saturated heterocycles. The SMILES string of the molecule is Cc1ccccc1C1c2ccsc2CCN1C(C)C(=O)N1CCCN(S(=O)(=O)c2ccc(Cl)cc2)CC1. The van der Waals surface area contributed by atoms with Gasteiger partial charge in [0.15, 0.2) is 0 Å². The van der Waals surface area contributed by atoms with Gasteiger partial charge in [-0.05, 0) is 79.1 Å². The van der Waals surface area contributed by atoms with Crippen LogP contribution in [0.3, 0.4) is 0 Å². The fourth-order valence-electron chi connectivity index (χ4n) is 5.51. The smallest absolute Gasteiger partial charge is 0.243 e. The normalized spacial score (nSPS) is 20.3. The Morgan fingerprint density at radius 2 is 1.73 bits per heavy atom. The van der Waals surface area contributed by atoms with Crippen molar-refractivity contribution in [2.24, 2.45) is 0 Å². The van der Waals surface area contributed by atoms with Gasteiger partial charge in [0.1, 0.15) is 0 Å². The minimum absolute atomic E-state index is 0.0314. The van der Waals surface area contributed by atoms with Gasteiger partial charge in [-0.3, -0.25) is 9.69 Å². The Labute approximate surface area is 228 Å². The largest absolute Gasteiger partial charge is 0.340 e. The number of benzene rings is 2. The van der Waals surface area contributed by atoms with E-state index in [-0.39, 0.29) is 29.4 Å². The van der Waals surface area contributed by atoms with Crippen molar-refractivity contribution in [2.75, 3.05) is 32.7 Å². The van der Waals surface area contributed by atoms with E-state index in [0.717, 1.165) is 13.0 Å². The zero-order valence-electron chi connectivity index (χ0n) is 21.1. The van der Waals surface area contributed by atoms with Crippen molar-refractivity contribution >= 4 is 38.9 Å². The standard InChI is InChI=1S/C28H32ClN3O3S2/c1-20-6-3-4-7-24(20)27-25-13-19-36-26(25)12-16-32(27)21(2)28(33)30-14-5-15-31(18-17-30)37(34,35)23-10-8-22(29)9-11-23/h3-4,6-11,13,19,21,27H,5,12,14-18H2,1-2H3. The molecule has 2 aromatic carbocycles. The number of amides is 1. The Kier molecular flexibility index (Phi) is 7.75. The Morgan fingerprint density at radius 1 is 0.973 bits per heavy atom. The second kappa shape index (κ2) is 10.9. The second-order valence-corrected chi connectivity index (χ2v) is 13.1. The van der Waals surface area contributed by atoms with Crippen LogP contribution < -0.4 is 0 Å². The van der Waals surface area contributed by atoms with E-state index in [1.54, 1.807) is 23.5 Å². The van der Waals surface area contributed by atoms with Crippen LogP contribution in [0.1, 0.15) is 41.0 Å². The number of carbonyl (C=O) groups excluding carboxylic acids is 1. The van der Waals surface area contributed by atoms with Crippen molar-refractivity contribution < 1.29 is 13.2 Å². The highest BCUT2D eigenvalue weighted by Gasteiger charge is 2.38. The molecule has 1 amide bonds. The molecule has 2 atom stereocenters. The summed E-state index contributed by atoms with van der Waals surface area (Å²) >= 11 is 7.74. The van der Waals surface area contributed by atoms with Crippen molar-refractivity contribution in [1.29, 1.82) is 0 Å². The summed E-state index contributed by atoms with van der Waals surface area (Å²) in [5, 5.41) is 2.65. The highest BCUT2D eigenvalue weighted by molar-refractivity contribution is 7.89. The quantitative estimate of drug-likeness (QED) is 0.444. The predicted octanol–water partition coefficient (Wildman–Crippen LogP) is 4.97. The van der Waals surface area contributed by atoms with E-state index >= 15 is 0 Å². The van der Waals surface area contributed by atoms with Crippen LogP contribution in [0.15, 0.2) is 64.9 Å². The number of hydrogen-bond donors (Lipinski definition) is 0. The van der Waals surface area contributed by atoms with Crippen LogP contribution in [0.2, 0.25) is 5.02 Å². The van der Waals surface area contributed by atoms with Gasteiger partial charge in [0.25, 0.3) is 0 Å². The molecule has 6 nitrogen and oxygen atoms in total. The van der Waals surface area contributed by atoms with Gasteiger partial charge in [-0.15, -0.1) is 11.3 Å². The summed E-state index contributed by atoms with van der Waals surface area (Å²) < 4.78 is 27.9. The third-order valence-electron chi connectivity index (χ3n) is 7.56. The molecule has 37 heavy (non-hydrogen) atoms. The molecule has 0 bridgehead atoms. The van der Waals surface area contributed by atoms with Gasteiger partial charge in [0.2, 0.25) is 15.9 Å². The van der Waals surface area contributed by atoms with Gasteiger partial charge in [0, 0.05) is 42.6 Å². The first-order chi connectivity index (χ1) is 17.8. The second-order valence-electron chi connectivity index (χ2n) is 9.76. The molecule has 5 rings (SSSR count). The van der Waals surface area contributed by atoms with Crippen LogP contribution in [0, 0.1) is 6.92 Å². The lowest BCUT2D eigenvalue weighted by molar-refractivity contribution is -0.137. The van der Waals surface area contributed by atoms with E-state index in [9.17, 15) is 13.2 Å². The first kappa shape index (κ1) is 26.4. The van der Waals surface area contributed by atoms with Crippen molar-refractivity contribution in [1.82, 2.24) is 14.1 Å². The van der Waals surface area contributed by atoms with Crippen LogP contribution in [0.25, 0.3) is 0 Å². The minimum Gasteiger partial charge on any atom is -0.340 e. The molecule has 0 aliphatic carbocycles. The van der Waals surface area contributed by atoms with Crippen LogP contribution in [-0.2, 0) is 21.2 Å². The van der Waals surface area contributed by atoms with E-state index in [2.05, 4.69) is 47.5 Å². The lowest BCUT2D eigenvalue weighted by Crippen LogP contribution is -2.51. The Morgan fingerprint density at radius 3 is 2.49 bits per heavy atom. The molecule has 0 saturated carbocycles. The van der Waals surface area contributed by atoms with Gasteiger partial charge in [-0.2, -0.15) is 4.31 Å². The maximum Gasteiger partial charge on any atom is 0.243 e.